The number of hydrogen-bond donors (Lipinski definition) is 1. The number of hydrogen-bond acceptors (Lipinski definition) is 3. The second-order valence-corrected chi connectivity index (χ2v) is 5.33. The smallest absolute Gasteiger partial charge is 0.339 e. The van der Waals surface area contributed by atoms with Crippen molar-refractivity contribution in [3.05, 3.63) is 46.7 Å². The van der Waals surface area contributed by atoms with E-state index < -0.39 is 5.97 Å². The van der Waals surface area contributed by atoms with E-state index in [2.05, 4.69) is 5.10 Å². The van der Waals surface area contributed by atoms with Crippen LogP contribution < -0.4 is 4.90 Å². The Morgan fingerprint density at radius 3 is 2.59 bits per heavy atom. The van der Waals surface area contributed by atoms with Gasteiger partial charge in [0.2, 0.25) is 0 Å². The first-order chi connectivity index (χ1) is 9.99. The lowest BCUT2D eigenvalue weighted by atomic mass is 10.1. The molecule has 3 rings (SSSR count). The van der Waals surface area contributed by atoms with Crippen LogP contribution >= 0.6 is 25.1 Å². The summed E-state index contributed by atoms with van der Waals surface area (Å²) in [5.74, 6) is -1.53. The number of carboxylic acid groups (broad SMARTS) is 1. The molecule has 0 aliphatic carbocycles. The number of carboxylic acids is 1. The molecule has 0 unspecified atom stereocenters. The highest BCUT2D eigenvalue weighted by Crippen LogP contribution is 2.28. The third-order valence-electron chi connectivity index (χ3n) is 3.48. The van der Waals surface area contributed by atoms with Crippen LogP contribution in [-0.2, 0) is 0 Å². The van der Waals surface area contributed by atoms with Gasteiger partial charge in [-0.1, -0.05) is 11.6 Å². The van der Waals surface area contributed by atoms with Crippen LogP contribution in [0.15, 0.2) is 30.5 Å². The highest BCUT2D eigenvalue weighted by Gasteiger charge is 2.35. The van der Waals surface area contributed by atoms with Gasteiger partial charge in [0.1, 0.15) is 11.3 Å². The molecular weight excluding hydrogens is 326 g/mol. The SMILES string of the molecule is C[C@H]1CN(c2ccc(Cl)cc2)C(=O)c2c(C(=O)O)cnn21.S. The number of rotatable bonds is 2. The first kappa shape index (κ1) is 16.4. The van der Waals surface area contributed by atoms with Crippen LogP contribution in [0, 0.1) is 0 Å². The van der Waals surface area contributed by atoms with E-state index in [4.69, 9.17) is 11.6 Å². The number of halogens is 1. The maximum atomic E-state index is 12.6. The second kappa shape index (κ2) is 6.02. The Labute approximate surface area is 138 Å². The van der Waals surface area contributed by atoms with Crippen molar-refractivity contribution in [2.24, 2.45) is 0 Å². The normalized spacial score (nSPS) is 16.9. The Hall–Kier alpha value is -1.99. The third-order valence-corrected chi connectivity index (χ3v) is 3.73. The highest BCUT2D eigenvalue weighted by atomic mass is 35.5. The van der Waals surface area contributed by atoms with Gasteiger partial charge in [-0.15, -0.1) is 0 Å². The van der Waals surface area contributed by atoms with Gasteiger partial charge in [0.05, 0.1) is 12.2 Å². The molecule has 0 radical (unpaired) electrons. The molecule has 1 aliphatic heterocycles. The summed E-state index contributed by atoms with van der Waals surface area (Å²) >= 11 is 5.85. The van der Waals surface area contributed by atoms with E-state index in [0.29, 0.717) is 17.3 Å². The molecule has 22 heavy (non-hydrogen) atoms. The van der Waals surface area contributed by atoms with Crippen molar-refractivity contribution in [1.29, 1.82) is 0 Å². The van der Waals surface area contributed by atoms with Crippen LogP contribution in [0.2, 0.25) is 5.02 Å². The van der Waals surface area contributed by atoms with Gasteiger partial charge in [-0.2, -0.15) is 18.6 Å². The molecule has 1 aromatic carbocycles. The number of benzene rings is 1. The number of anilines is 1. The van der Waals surface area contributed by atoms with Crippen molar-refractivity contribution >= 4 is 42.7 Å². The van der Waals surface area contributed by atoms with Gasteiger partial charge < -0.3 is 10.0 Å². The van der Waals surface area contributed by atoms with Crippen molar-refractivity contribution in [3.8, 4) is 0 Å². The maximum Gasteiger partial charge on any atom is 0.339 e. The van der Waals surface area contributed by atoms with Crippen molar-refractivity contribution < 1.29 is 14.7 Å². The van der Waals surface area contributed by atoms with Crippen LogP contribution in [0.5, 0.6) is 0 Å². The molecule has 2 heterocycles. The molecule has 0 saturated carbocycles. The zero-order valence-corrected chi connectivity index (χ0v) is 13.4. The molecule has 0 bridgehead atoms. The summed E-state index contributed by atoms with van der Waals surface area (Å²) in [7, 11) is 0. The first-order valence-corrected chi connectivity index (χ1v) is 6.75. The standard InChI is InChI=1S/C14H12ClN3O3.H2S/c1-8-7-17(10-4-2-9(15)3-5-10)13(19)12-11(14(20)21)6-16-18(8)12;/h2-6,8H,7H2,1H3,(H,20,21);1H2/t8-;/m0./s1. The van der Waals surface area contributed by atoms with E-state index in [0.717, 1.165) is 0 Å². The molecule has 1 atom stereocenters. The van der Waals surface area contributed by atoms with Crippen molar-refractivity contribution in [3.63, 3.8) is 0 Å². The molecule has 1 aromatic heterocycles. The zero-order valence-electron chi connectivity index (χ0n) is 11.7. The Kier molecular flexibility index (Phi) is 4.48. The van der Waals surface area contributed by atoms with E-state index in [1.165, 1.54) is 10.9 Å². The van der Waals surface area contributed by atoms with Gasteiger partial charge in [0, 0.05) is 17.3 Å². The lowest BCUT2D eigenvalue weighted by Gasteiger charge is -2.32. The predicted molar refractivity (Wildman–Crippen MR) is 87.4 cm³/mol. The van der Waals surface area contributed by atoms with Gasteiger partial charge in [0.25, 0.3) is 5.91 Å². The summed E-state index contributed by atoms with van der Waals surface area (Å²) in [6.45, 7) is 2.31. The summed E-state index contributed by atoms with van der Waals surface area (Å²) in [4.78, 5) is 25.4. The second-order valence-electron chi connectivity index (χ2n) is 4.90. The molecule has 1 N–H and O–H groups in total. The van der Waals surface area contributed by atoms with Crippen LogP contribution in [0.25, 0.3) is 0 Å². The predicted octanol–water partition coefficient (Wildman–Crippen LogP) is 2.57. The largest absolute Gasteiger partial charge is 0.478 e. The summed E-state index contributed by atoms with van der Waals surface area (Å²) in [6.07, 6.45) is 1.22. The van der Waals surface area contributed by atoms with E-state index in [1.54, 1.807) is 29.2 Å². The van der Waals surface area contributed by atoms with E-state index >= 15 is 0 Å². The van der Waals surface area contributed by atoms with Gasteiger partial charge in [0.15, 0.2) is 0 Å². The van der Waals surface area contributed by atoms with Gasteiger partial charge >= 0.3 is 5.97 Å². The average Bonchev–Trinajstić information content (AvgIpc) is 2.90. The quantitative estimate of drug-likeness (QED) is 0.912. The minimum Gasteiger partial charge on any atom is -0.478 e. The topological polar surface area (TPSA) is 75.4 Å². The van der Waals surface area contributed by atoms with Gasteiger partial charge in [-0.05, 0) is 31.2 Å². The fraction of sp³-hybridized carbons (Fsp3) is 0.214. The monoisotopic (exact) mass is 339 g/mol. The molecule has 2 aromatic rings. The van der Waals surface area contributed by atoms with Crippen LogP contribution in [-0.4, -0.2) is 33.3 Å². The molecule has 8 heteroatoms. The summed E-state index contributed by atoms with van der Waals surface area (Å²) in [5.41, 5.74) is 0.710. The van der Waals surface area contributed by atoms with Crippen molar-refractivity contribution in [2.75, 3.05) is 11.4 Å². The maximum absolute atomic E-state index is 12.6. The first-order valence-electron chi connectivity index (χ1n) is 6.37. The molecule has 0 saturated heterocycles. The molecule has 116 valence electrons. The minimum atomic E-state index is -1.16. The zero-order chi connectivity index (χ0) is 15.1. The molecule has 1 amide bonds. The lowest BCUT2D eigenvalue weighted by Crippen LogP contribution is -2.43. The summed E-state index contributed by atoms with van der Waals surface area (Å²) < 4.78 is 1.47. The van der Waals surface area contributed by atoms with Gasteiger partial charge in [-0.25, -0.2) is 4.79 Å². The number of nitrogens with zero attached hydrogens (tertiary/aromatic N) is 3. The van der Waals surface area contributed by atoms with Crippen LogP contribution in [0.3, 0.4) is 0 Å². The Morgan fingerprint density at radius 2 is 2.00 bits per heavy atom. The minimum absolute atomic E-state index is 0. The summed E-state index contributed by atoms with van der Waals surface area (Å²) in [6, 6.07) is 6.75. The molecule has 6 nitrogen and oxygen atoms in total. The van der Waals surface area contributed by atoms with E-state index in [1.807, 2.05) is 6.92 Å². The van der Waals surface area contributed by atoms with Crippen LogP contribution in [0.1, 0.15) is 33.8 Å². The average molecular weight is 340 g/mol. The Balaban J connectivity index is 0.00000176. The number of carbonyl (C=O) groups excluding carboxylic acids is 1. The van der Waals surface area contributed by atoms with E-state index in [-0.39, 0.29) is 36.7 Å². The molecule has 0 spiro atoms. The highest BCUT2D eigenvalue weighted by molar-refractivity contribution is 7.59. The van der Waals surface area contributed by atoms with Gasteiger partial charge in [-0.3, -0.25) is 9.48 Å². The molecule has 1 aliphatic rings. The summed E-state index contributed by atoms with van der Waals surface area (Å²) in [5, 5.41) is 13.8. The number of fused-ring (bicyclic) bond motifs is 1. The fourth-order valence-electron chi connectivity index (χ4n) is 2.46. The third kappa shape index (κ3) is 2.57. The molecular formula is C14H14ClN3O3S. The van der Waals surface area contributed by atoms with Crippen LogP contribution in [0.4, 0.5) is 5.69 Å². The molecule has 0 fully saturated rings. The lowest BCUT2D eigenvalue weighted by molar-refractivity contribution is 0.0690. The van der Waals surface area contributed by atoms with E-state index in [9.17, 15) is 14.7 Å². The Bertz CT molecular complexity index is 729. The van der Waals surface area contributed by atoms with Crippen molar-refractivity contribution in [1.82, 2.24) is 9.78 Å². The van der Waals surface area contributed by atoms with Crippen molar-refractivity contribution in [2.45, 2.75) is 13.0 Å². The number of amides is 1. The number of aromatic nitrogens is 2. The fourth-order valence-corrected chi connectivity index (χ4v) is 2.59. The number of carbonyl (C=O) groups is 2. The number of aromatic carboxylic acids is 1. The Morgan fingerprint density at radius 1 is 1.36 bits per heavy atom.